The number of aliphatic carboxylic acids is 1. The van der Waals surface area contributed by atoms with Gasteiger partial charge in [-0.05, 0) is 23.5 Å². The smallest absolute Gasteiger partial charge is 0.305 e. The summed E-state index contributed by atoms with van der Waals surface area (Å²) in [6, 6.07) is 6.07. The van der Waals surface area contributed by atoms with E-state index in [1.54, 1.807) is 11.3 Å². The quantitative estimate of drug-likeness (QED) is 0.0960. The van der Waals surface area contributed by atoms with Gasteiger partial charge in [-0.25, -0.2) is 4.98 Å². The second-order valence-electron chi connectivity index (χ2n) is 14.0. The number of ether oxygens (including phenoxy) is 6. The van der Waals surface area contributed by atoms with E-state index < -0.39 is 35.5 Å². The van der Waals surface area contributed by atoms with Crippen LogP contribution in [0.3, 0.4) is 0 Å². The maximum absolute atomic E-state index is 13.8. The van der Waals surface area contributed by atoms with Crippen LogP contribution in [0.25, 0.3) is 10.4 Å². The van der Waals surface area contributed by atoms with E-state index in [0.29, 0.717) is 59.5 Å². The molecule has 1 saturated heterocycles. The number of rotatable bonds is 27. The number of carbonyl (C=O) groups is 4. The fourth-order valence-electron chi connectivity index (χ4n) is 5.54. The Morgan fingerprint density at radius 2 is 1.35 bits per heavy atom. The molecule has 308 valence electrons. The maximum Gasteiger partial charge on any atom is 0.305 e. The lowest BCUT2D eigenvalue weighted by Crippen LogP contribution is -2.57. The van der Waals surface area contributed by atoms with Crippen molar-refractivity contribution in [2.24, 2.45) is 5.41 Å². The zero-order valence-corrected chi connectivity index (χ0v) is 33.2. The molecule has 1 aliphatic heterocycles. The van der Waals surface area contributed by atoms with Gasteiger partial charge in [-0.15, -0.1) is 11.3 Å². The number of hydrogen-bond acceptors (Lipinski definition) is 13. The molecular weight excluding hydrogens is 737 g/mol. The molecule has 0 saturated carbocycles. The first kappa shape index (κ1) is 45.8. The van der Waals surface area contributed by atoms with E-state index in [1.165, 1.54) is 4.90 Å². The highest BCUT2D eigenvalue weighted by Gasteiger charge is 2.44. The summed E-state index contributed by atoms with van der Waals surface area (Å²) in [5, 5.41) is 24.8. The van der Waals surface area contributed by atoms with Gasteiger partial charge in [-0.3, -0.25) is 19.2 Å². The average molecular weight is 795 g/mol. The van der Waals surface area contributed by atoms with Gasteiger partial charge in [-0.1, -0.05) is 45.0 Å². The zero-order valence-electron chi connectivity index (χ0n) is 32.4. The van der Waals surface area contributed by atoms with Crippen molar-refractivity contribution in [3.05, 3.63) is 41.0 Å². The van der Waals surface area contributed by atoms with Crippen LogP contribution in [0.15, 0.2) is 29.8 Å². The number of aryl methyl sites for hydroxylation is 1. The number of nitrogens with zero attached hydrogens (tertiary/aromatic N) is 2. The predicted molar refractivity (Wildman–Crippen MR) is 203 cm³/mol. The first-order chi connectivity index (χ1) is 26.4. The van der Waals surface area contributed by atoms with Gasteiger partial charge in [0.05, 0.1) is 108 Å². The number of carboxylic acid groups (broad SMARTS) is 1. The zero-order chi connectivity index (χ0) is 40.1. The largest absolute Gasteiger partial charge is 0.481 e. The molecule has 2 heterocycles. The molecule has 1 aliphatic rings. The van der Waals surface area contributed by atoms with Crippen LogP contribution in [-0.4, -0.2) is 148 Å². The van der Waals surface area contributed by atoms with Crippen molar-refractivity contribution in [1.82, 2.24) is 20.5 Å². The van der Waals surface area contributed by atoms with E-state index in [9.17, 15) is 24.3 Å². The average Bonchev–Trinajstić information content (AvgIpc) is 3.76. The first-order valence-corrected chi connectivity index (χ1v) is 19.5. The summed E-state index contributed by atoms with van der Waals surface area (Å²) in [6.07, 6.45) is -0.748. The molecule has 3 atom stereocenters. The number of carboxylic acids is 1. The van der Waals surface area contributed by atoms with Crippen molar-refractivity contribution >= 4 is 35.0 Å². The summed E-state index contributed by atoms with van der Waals surface area (Å²) in [5.41, 5.74) is 4.05. The van der Waals surface area contributed by atoms with Crippen LogP contribution in [-0.2, 0) is 54.1 Å². The lowest BCUT2D eigenvalue weighted by atomic mass is 9.85. The molecule has 1 unspecified atom stereocenters. The summed E-state index contributed by atoms with van der Waals surface area (Å²) < 4.78 is 32.4. The van der Waals surface area contributed by atoms with E-state index in [1.807, 2.05) is 57.5 Å². The van der Waals surface area contributed by atoms with Gasteiger partial charge in [0.25, 0.3) is 0 Å². The predicted octanol–water partition coefficient (Wildman–Crippen LogP) is 2.19. The lowest BCUT2D eigenvalue weighted by molar-refractivity contribution is -0.144. The number of amides is 3. The van der Waals surface area contributed by atoms with Crippen LogP contribution < -0.4 is 10.6 Å². The Labute approximate surface area is 327 Å². The fraction of sp³-hybridized carbons (Fsp3) is 0.658. The Kier molecular flexibility index (Phi) is 20.7. The molecule has 16 nitrogen and oxygen atoms in total. The third kappa shape index (κ3) is 17.4. The van der Waals surface area contributed by atoms with E-state index in [4.69, 9.17) is 33.5 Å². The van der Waals surface area contributed by atoms with E-state index >= 15 is 0 Å². The third-order valence-corrected chi connectivity index (χ3v) is 9.48. The number of benzene rings is 1. The number of nitrogens with one attached hydrogen (secondary N) is 2. The minimum atomic E-state index is -0.923. The lowest BCUT2D eigenvalue weighted by Gasteiger charge is -2.35. The number of β-amino-alcohol motifs (C(OH)–C–C–N with tert-alkyl or cyclic N) is 1. The van der Waals surface area contributed by atoms with E-state index in [2.05, 4.69) is 15.6 Å². The van der Waals surface area contributed by atoms with Gasteiger partial charge in [0.15, 0.2) is 0 Å². The van der Waals surface area contributed by atoms with Gasteiger partial charge >= 0.3 is 5.97 Å². The van der Waals surface area contributed by atoms with Gasteiger partial charge in [0, 0.05) is 25.9 Å². The van der Waals surface area contributed by atoms with Crippen molar-refractivity contribution in [2.75, 3.05) is 85.8 Å². The SMILES string of the molecule is Cc1ncsc1-c1ccc(CNC(=O)[C@@H]2C[C@@H](O)CN2C(=O)C(NC(=O)CCOCCOCCOCCOCCOCCOCCC(=O)O)C(C)(C)C)cc1. The molecule has 1 fully saturated rings. The second kappa shape index (κ2) is 24.9. The summed E-state index contributed by atoms with van der Waals surface area (Å²) >= 11 is 1.57. The summed E-state index contributed by atoms with van der Waals surface area (Å²) in [7, 11) is 0. The normalized spacial score (nSPS) is 16.3. The molecule has 0 spiro atoms. The van der Waals surface area contributed by atoms with Crippen LogP contribution in [0.5, 0.6) is 0 Å². The summed E-state index contributed by atoms with van der Waals surface area (Å²) in [6.45, 7) is 11.7. The van der Waals surface area contributed by atoms with Crippen LogP contribution in [0.1, 0.15) is 51.3 Å². The minimum absolute atomic E-state index is 0.00294. The van der Waals surface area contributed by atoms with Gasteiger partial charge < -0.3 is 54.2 Å². The Bertz CT molecular complexity index is 1450. The molecule has 1 aromatic carbocycles. The van der Waals surface area contributed by atoms with Crippen molar-refractivity contribution < 1.29 is 57.8 Å². The fourth-order valence-corrected chi connectivity index (χ4v) is 6.35. The van der Waals surface area contributed by atoms with Crippen LogP contribution in [0.2, 0.25) is 0 Å². The molecule has 0 bridgehead atoms. The van der Waals surface area contributed by atoms with Crippen molar-refractivity contribution in [3.8, 4) is 10.4 Å². The van der Waals surface area contributed by atoms with E-state index in [0.717, 1.165) is 21.7 Å². The molecule has 2 aromatic rings. The Morgan fingerprint density at radius 3 is 1.82 bits per heavy atom. The maximum atomic E-state index is 13.8. The highest BCUT2D eigenvalue weighted by atomic mass is 32.1. The molecular formula is C38H58N4O12S. The number of likely N-dealkylation sites (tertiary alicyclic amines) is 1. The topological polar surface area (TPSA) is 204 Å². The number of aromatic nitrogens is 1. The van der Waals surface area contributed by atoms with Crippen molar-refractivity contribution in [1.29, 1.82) is 0 Å². The van der Waals surface area contributed by atoms with Crippen LogP contribution >= 0.6 is 11.3 Å². The second-order valence-corrected chi connectivity index (χ2v) is 14.9. The Morgan fingerprint density at radius 1 is 0.836 bits per heavy atom. The highest BCUT2D eigenvalue weighted by Crippen LogP contribution is 2.28. The third-order valence-electron chi connectivity index (χ3n) is 8.51. The van der Waals surface area contributed by atoms with E-state index in [-0.39, 0.29) is 64.0 Å². The number of aliphatic hydroxyl groups is 1. The number of thiazole rings is 1. The molecule has 3 rings (SSSR count). The van der Waals surface area contributed by atoms with Crippen LogP contribution in [0, 0.1) is 12.3 Å². The molecule has 0 radical (unpaired) electrons. The highest BCUT2D eigenvalue weighted by molar-refractivity contribution is 7.13. The first-order valence-electron chi connectivity index (χ1n) is 18.6. The molecule has 1 aromatic heterocycles. The monoisotopic (exact) mass is 794 g/mol. The van der Waals surface area contributed by atoms with Crippen LogP contribution in [0.4, 0.5) is 0 Å². The summed E-state index contributed by atoms with van der Waals surface area (Å²) in [4.78, 5) is 57.2. The van der Waals surface area contributed by atoms with Crippen molar-refractivity contribution in [2.45, 2.75) is 71.7 Å². The molecule has 17 heteroatoms. The summed E-state index contributed by atoms with van der Waals surface area (Å²) in [5.74, 6) is -2.05. The number of hydrogen-bond donors (Lipinski definition) is 4. The van der Waals surface area contributed by atoms with Gasteiger partial charge in [0.1, 0.15) is 12.1 Å². The van der Waals surface area contributed by atoms with Gasteiger partial charge in [0.2, 0.25) is 17.7 Å². The van der Waals surface area contributed by atoms with Gasteiger partial charge in [-0.2, -0.15) is 0 Å². The standard InChI is InChI=1S/C38H58N4O12S/c1-27-34(55-26-40-27)29-7-5-28(6-8-29)24-39-36(47)31-23-30(43)25-42(31)37(48)35(38(2,3)4)41-32(44)9-11-49-13-15-51-17-19-53-21-22-54-20-18-52-16-14-50-12-10-33(45)46/h5-8,26,30-31,35,43H,9-25H2,1-4H3,(H,39,47)(H,41,44)(H,45,46)/t30-,31+,35?/m1/s1. The molecule has 4 N–H and O–H groups in total. The molecule has 3 amide bonds. The number of carbonyl (C=O) groups excluding carboxylic acids is 3. The minimum Gasteiger partial charge on any atom is -0.481 e. The molecule has 55 heavy (non-hydrogen) atoms. The number of aliphatic hydroxyl groups excluding tert-OH is 1. The van der Waals surface area contributed by atoms with Crippen molar-refractivity contribution in [3.63, 3.8) is 0 Å². The molecule has 0 aliphatic carbocycles. The Balaban J connectivity index is 1.27. The Hall–Kier alpha value is -3.55.